The average molecular weight is 325 g/mol. The lowest BCUT2D eigenvalue weighted by Gasteiger charge is -2.00. The van der Waals surface area contributed by atoms with Gasteiger partial charge < -0.3 is 10.1 Å². The number of nitrogens with one attached hydrogen (secondary N) is 1. The zero-order valence-corrected chi connectivity index (χ0v) is 13.2. The molecule has 0 spiro atoms. The maximum atomic E-state index is 10.7. The predicted molar refractivity (Wildman–Crippen MR) is 89.1 cm³/mol. The smallest absolute Gasteiger partial charge is 0.183 e. The SMILES string of the molecule is O=CCCc1sc(NCc2ncccn2)nc1-c1ccccn1. The number of carbonyl (C=O) groups is 1. The van der Waals surface area contributed by atoms with Crippen molar-refractivity contribution in [2.24, 2.45) is 0 Å². The van der Waals surface area contributed by atoms with Gasteiger partial charge in [0.15, 0.2) is 5.13 Å². The molecule has 23 heavy (non-hydrogen) atoms. The van der Waals surface area contributed by atoms with Gasteiger partial charge in [-0.15, -0.1) is 11.3 Å². The zero-order chi connectivity index (χ0) is 15.9. The molecule has 0 aliphatic carbocycles. The van der Waals surface area contributed by atoms with E-state index in [-0.39, 0.29) is 0 Å². The highest BCUT2D eigenvalue weighted by Gasteiger charge is 2.14. The Kier molecular flexibility index (Phi) is 5.00. The number of aldehydes is 1. The lowest BCUT2D eigenvalue weighted by Crippen LogP contribution is -2.03. The fraction of sp³-hybridized carbons (Fsp3) is 0.188. The Morgan fingerprint density at radius 1 is 1.09 bits per heavy atom. The molecule has 0 saturated carbocycles. The van der Waals surface area contributed by atoms with Crippen LogP contribution in [-0.2, 0) is 17.8 Å². The first-order valence-electron chi connectivity index (χ1n) is 7.21. The first-order chi connectivity index (χ1) is 11.4. The Hall–Kier alpha value is -2.67. The molecule has 3 heterocycles. The summed E-state index contributed by atoms with van der Waals surface area (Å²) < 4.78 is 0. The van der Waals surface area contributed by atoms with Crippen molar-refractivity contribution in [3.8, 4) is 11.4 Å². The van der Waals surface area contributed by atoms with Gasteiger partial charge in [0.25, 0.3) is 0 Å². The van der Waals surface area contributed by atoms with E-state index in [0.717, 1.165) is 27.7 Å². The number of thiazole rings is 1. The van der Waals surface area contributed by atoms with Gasteiger partial charge in [0.05, 0.1) is 12.2 Å². The molecule has 0 aliphatic heterocycles. The van der Waals surface area contributed by atoms with E-state index in [1.165, 1.54) is 11.3 Å². The van der Waals surface area contributed by atoms with Gasteiger partial charge in [-0.3, -0.25) is 4.98 Å². The normalized spacial score (nSPS) is 10.4. The Bertz CT molecular complexity index is 761. The minimum atomic E-state index is 0.475. The molecule has 0 bridgehead atoms. The summed E-state index contributed by atoms with van der Waals surface area (Å²) in [5, 5.41) is 4.01. The average Bonchev–Trinajstić information content (AvgIpc) is 3.03. The molecule has 0 aromatic carbocycles. The monoisotopic (exact) mass is 325 g/mol. The molecule has 6 nitrogen and oxygen atoms in total. The topological polar surface area (TPSA) is 80.7 Å². The van der Waals surface area contributed by atoms with Crippen LogP contribution in [0.5, 0.6) is 0 Å². The van der Waals surface area contributed by atoms with Gasteiger partial charge >= 0.3 is 0 Å². The van der Waals surface area contributed by atoms with Gasteiger partial charge in [-0.1, -0.05) is 6.07 Å². The van der Waals surface area contributed by atoms with Crippen LogP contribution < -0.4 is 5.32 Å². The number of aryl methyl sites for hydroxylation is 1. The molecule has 3 aromatic rings. The molecule has 3 rings (SSSR count). The van der Waals surface area contributed by atoms with Crippen LogP contribution in [0.25, 0.3) is 11.4 Å². The molecule has 0 amide bonds. The number of pyridine rings is 1. The van der Waals surface area contributed by atoms with Crippen LogP contribution in [-0.4, -0.2) is 26.2 Å². The van der Waals surface area contributed by atoms with Crippen LogP contribution in [0, 0.1) is 0 Å². The standard InChI is InChI=1S/C16H15N5OS/c22-10-3-6-13-15(12-5-1-2-7-17-12)21-16(23-13)20-11-14-18-8-4-9-19-14/h1-2,4-5,7-10H,3,6,11H2,(H,20,21). The van der Waals surface area contributed by atoms with Crippen LogP contribution in [0.4, 0.5) is 5.13 Å². The third kappa shape index (κ3) is 3.95. The summed E-state index contributed by atoms with van der Waals surface area (Å²) in [7, 11) is 0. The molecule has 0 unspecified atom stereocenters. The molecular formula is C16H15N5OS. The molecule has 3 aromatic heterocycles. The van der Waals surface area contributed by atoms with Crippen molar-refractivity contribution in [2.45, 2.75) is 19.4 Å². The number of anilines is 1. The van der Waals surface area contributed by atoms with Gasteiger partial charge in [0.1, 0.15) is 17.8 Å². The van der Waals surface area contributed by atoms with Crippen LogP contribution in [0.2, 0.25) is 0 Å². The molecule has 1 N–H and O–H groups in total. The summed E-state index contributed by atoms with van der Waals surface area (Å²) in [6.07, 6.45) is 7.22. The van der Waals surface area contributed by atoms with E-state index in [0.29, 0.717) is 25.2 Å². The molecule has 7 heteroatoms. The van der Waals surface area contributed by atoms with Crippen molar-refractivity contribution in [1.82, 2.24) is 19.9 Å². The minimum absolute atomic E-state index is 0.475. The van der Waals surface area contributed by atoms with E-state index >= 15 is 0 Å². The second-order valence-electron chi connectivity index (χ2n) is 4.73. The fourth-order valence-corrected chi connectivity index (χ4v) is 3.05. The summed E-state index contributed by atoms with van der Waals surface area (Å²) in [5.74, 6) is 0.705. The van der Waals surface area contributed by atoms with Gasteiger partial charge in [0, 0.05) is 29.9 Å². The molecule has 0 aliphatic rings. The number of hydrogen-bond acceptors (Lipinski definition) is 7. The Labute approximate surface area is 137 Å². The summed E-state index contributed by atoms with van der Waals surface area (Å²) in [6.45, 7) is 0.503. The van der Waals surface area contributed by atoms with E-state index in [9.17, 15) is 4.79 Å². The van der Waals surface area contributed by atoms with Crippen LogP contribution in [0.3, 0.4) is 0 Å². The van der Waals surface area contributed by atoms with Gasteiger partial charge in [-0.2, -0.15) is 0 Å². The van der Waals surface area contributed by atoms with Gasteiger partial charge in [-0.05, 0) is 24.6 Å². The van der Waals surface area contributed by atoms with Crippen LogP contribution >= 0.6 is 11.3 Å². The number of aromatic nitrogens is 4. The summed E-state index contributed by atoms with van der Waals surface area (Å²) in [5.41, 5.74) is 1.64. The number of hydrogen-bond donors (Lipinski definition) is 1. The van der Waals surface area contributed by atoms with Crippen molar-refractivity contribution in [2.75, 3.05) is 5.32 Å². The molecular weight excluding hydrogens is 310 g/mol. The van der Waals surface area contributed by atoms with E-state index < -0.39 is 0 Å². The number of carbonyl (C=O) groups excluding carboxylic acids is 1. The zero-order valence-electron chi connectivity index (χ0n) is 12.3. The van der Waals surface area contributed by atoms with Gasteiger partial charge in [0.2, 0.25) is 0 Å². The Morgan fingerprint density at radius 3 is 2.65 bits per heavy atom. The lowest BCUT2D eigenvalue weighted by atomic mass is 10.2. The Balaban J connectivity index is 1.81. The quantitative estimate of drug-likeness (QED) is 0.673. The highest BCUT2D eigenvalue weighted by molar-refractivity contribution is 7.16. The van der Waals surface area contributed by atoms with Gasteiger partial charge in [-0.25, -0.2) is 15.0 Å². The summed E-state index contributed by atoms with van der Waals surface area (Å²) >= 11 is 1.54. The van der Waals surface area contributed by atoms with Crippen molar-refractivity contribution >= 4 is 22.8 Å². The van der Waals surface area contributed by atoms with Crippen LogP contribution in [0.15, 0.2) is 42.9 Å². The summed E-state index contributed by atoms with van der Waals surface area (Å²) in [4.78, 5) is 29.1. The highest BCUT2D eigenvalue weighted by atomic mass is 32.1. The third-order valence-electron chi connectivity index (χ3n) is 3.11. The Morgan fingerprint density at radius 2 is 1.91 bits per heavy atom. The van der Waals surface area contributed by atoms with Crippen molar-refractivity contribution in [1.29, 1.82) is 0 Å². The first-order valence-corrected chi connectivity index (χ1v) is 8.03. The fourth-order valence-electron chi connectivity index (χ4n) is 2.07. The van der Waals surface area contributed by atoms with Crippen molar-refractivity contribution < 1.29 is 4.79 Å². The van der Waals surface area contributed by atoms with E-state index in [2.05, 4.69) is 25.3 Å². The third-order valence-corrected chi connectivity index (χ3v) is 4.18. The van der Waals surface area contributed by atoms with E-state index in [1.807, 2.05) is 18.2 Å². The minimum Gasteiger partial charge on any atom is -0.354 e. The number of nitrogens with zero attached hydrogens (tertiary/aromatic N) is 4. The molecule has 0 saturated heterocycles. The van der Waals surface area contributed by atoms with Crippen molar-refractivity contribution in [3.63, 3.8) is 0 Å². The van der Waals surface area contributed by atoms with Crippen LogP contribution in [0.1, 0.15) is 17.1 Å². The van der Waals surface area contributed by atoms with Crippen molar-refractivity contribution in [3.05, 3.63) is 53.6 Å². The van der Waals surface area contributed by atoms with E-state index in [4.69, 9.17) is 0 Å². The maximum absolute atomic E-state index is 10.7. The molecule has 116 valence electrons. The summed E-state index contributed by atoms with van der Waals surface area (Å²) in [6, 6.07) is 7.50. The molecule has 0 atom stereocenters. The predicted octanol–water partition coefficient (Wildman–Crippen LogP) is 2.74. The molecule has 0 fully saturated rings. The second kappa shape index (κ2) is 7.55. The number of rotatable bonds is 7. The molecule has 0 radical (unpaired) electrons. The largest absolute Gasteiger partial charge is 0.354 e. The van der Waals surface area contributed by atoms with E-state index in [1.54, 1.807) is 24.7 Å². The first kappa shape index (κ1) is 15.2. The lowest BCUT2D eigenvalue weighted by molar-refractivity contribution is -0.107. The maximum Gasteiger partial charge on any atom is 0.183 e. The highest BCUT2D eigenvalue weighted by Crippen LogP contribution is 2.31. The second-order valence-corrected chi connectivity index (χ2v) is 5.81.